The molecule has 23 heavy (non-hydrogen) atoms. The van der Waals surface area contributed by atoms with Crippen LogP contribution >= 0.6 is 0 Å². The van der Waals surface area contributed by atoms with Gasteiger partial charge >= 0.3 is 5.97 Å². The zero-order valence-electron chi connectivity index (χ0n) is 12.7. The van der Waals surface area contributed by atoms with Gasteiger partial charge in [-0.2, -0.15) is 0 Å². The topological polar surface area (TPSA) is 93.4 Å². The lowest BCUT2D eigenvalue weighted by atomic mass is 10.0. The van der Waals surface area contributed by atoms with Crippen LogP contribution in [0.3, 0.4) is 0 Å². The molecule has 0 bridgehead atoms. The van der Waals surface area contributed by atoms with Crippen LogP contribution in [-0.4, -0.2) is 19.0 Å². The van der Waals surface area contributed by atoms with E-state index in [0.29, 0.717) is 29.8 Å². The number of amides is 1. The highest BCUT2D eigenvalue weighted by Gasteiger charge is 2.15. The number of fused-ring (bicyclic) bond motifs is 1. The minimum absolute atomic E-state index is 0.0425. The molecule has 3 rings (SSSR count). The monoisotopic (exact) mass is 311 g/mol. The number of nitrogens with two attached hydrogens (primary N) is 1. The van der Waals surface area contributed by atoms with E-state index in [4.69, 9.17) is 5.73 Å². The lowest BCUT2D eigenvalue weighted by Crippen LogP contribution is -2.18. The maximum atomic E-state index is 11.5. The van der Waals surface area contributed by atoms with Gasteiger partial charge in [0, 0.05) is 17.8 Å². The van der Waals surface area contributed by atoms with E-state index < -0.39 is 5.97 Å². The summed E-state index contributed by atoms with van der Waals surface area (Å²) in [5, 5.41) is 6.07. The van der Waals surface area contributed by atoms with Crippen LogP contribution in [-0.2, 0) is 16.0 Å². The first-order chi connectivity index (χ1) is 11.1. The summed E-state index contributed by atoms with van der Waals surface area (Å²) in [5.41, 5.74) is 10.4. The number of carbonyl (C=O) groups is 2. The fourth-order valence-corrected chi connectivity index (χ4v) is 2.54. The molecule has 4 N–H and O–H groups in total. The number of esters is 1. The molecule has 6 heteroatoms. The van der Waals surface area contributed by atoms with Crippen LogP contribution in [0.4, 0.5) is 22.7 Å². The van der Waals surface area contributed by atoms with Gasteiger partial charge < -0.3 is 21.1 Å². The molecular formula is C17H17N3O3. The van der Waals surface area contributed by atoms with Crippen molar-refractivity contribution in [3.8, 4) is 0 Å². The Bertz CT molecular complexity index is 787. The molecule has 0 fully saturated rings. The molecule has 0 saturated carbocycles. The molecule has 0 aliphatic carbocycles. The normalized spacial score (nSPS) is 13.0. The van der Waals surface area contributed by atoms with E-state index in [1.54, 1.807) is 18.2 Å². The third kappa shape index (κ3) is 3.11. The van der Waals surface area contributed by atoms with Crippen LogP contribution in [0.5, 0.6) is 0 Å². The van der Waals surface area contributed by atoms with Gasteiger partial charge in [0.1, 0.15) is 0 Å². The van der Waals surface area contributed by atoms with Crippen molar-refractivity contribution in [2.75, 3.05) is 23.5 Å². The van der Waals surface area contributed by atoms with Crippen molar-refractivity contribution in [1.82, 2.24) is 0 Å². The Hall–Kier alpha value is -3.02. The molecule has 1 aliphatic rings. The fraction of sp³-hybridized carbons (Fsp3) is 0.176. The van der Waals surface area contributed by atoms with Gasteiger partial charge in [-0.1, -0.05) is 0 Å². The number of carbonyl (C=O) groups excluding carboxylic acids is 2. The van der Waals surface area contributed by atoms with Crippen molar-refractivity contribution in [2.45, 2.75) is 12.8 Å². The van der Waals surface area contributed by atoms with Crippen molar-refractivity contribution in [1.29, 1.82) is 0 Å². The maximum absolute atomic E-state index is 11.5. The van der Waals surface area contributed by atoms with E-state index in [1.165, 1.54) is 7.11 Å². The van der Waals surface area contributed by atoms with Gasteiger partial charge in [0.2, 0.25) is 5.91 Å². The summed E-state index contributed by atoms with van der Waals surface area (Å²) >= 11 is 0. The van der Waals surface area contributed by atoms with Gasteiger partial charge in [0.25, 0.3) is 0 Å². The van der Waals surface area contributed by atoms with Gasteiger partial charge in [0.05, 0.1) is 24.0 Å². The standard InChI is InChI=1S/C17H17N3O3/c1-23-17(22)11-2-5-15(13(18)9-11)19-12-4-6-14-10(8-12)3-7-16(21)20-14/h2,4-6,8-9,19H,3,7,18H2,1H3,(H,20,21). The predicted molar refractivity (Wildman–Crippen MR) is 88.9 cm³/mol. The molecule has 0 spiro atoms. The molecule has 1 amide bonds. The molecule has 0 saturated heterocycles. The number of nitrogen functional groups attached to an aromatic ring is 1. The summed E-state index contributed by atoms with van der Waals surface area (Å²) < 4.78 is 4.67. The first-order valence-corrected chi connectivity index (χ1v) is 7.24. The number of ether oxygens (including phenoxy) is 1. The maximum Gasteiger partial charge on any atom is 0.337 e. The quantitative estimate of drug-likeness (QED) is 0.598. The van der Waals surface area contributed by atoms with E-state index in [0.717, 1.165) is 16.9 Å². The molecule has 0 unspecified atom stereocenters. The van der Waals surface area contributed by atoms with Gasteiger partial charge in [-0.3, -0.25) is 4.79 Å². The Balaban J connectivity index is 1.82. The number of nitrogens with one attached hydrogen (secondary N) is 2. The summed E-state index contributed by atoms with van der Waals surface area (Å²) in [6.45, 7) is 0. The van der Waals surface area contributed by atoms with Crippen LogP contribution in [0, 0.1) is 0 Å². The smallest absolute Gasteiger partial charge is 0.337 e. The lowest BCUT2D eigenvalue weighted by molar-refractivity contribution is -0.116. The second-order valence-electron chi connectivity index (χ2n) is 5.34. The molecule has 0 atom stereocenters. The molecule has 118 valence electrons. The van der Waals surface area contributed by atoms with Crippen LogP contribution in [0.15, 0.2) is 36.4 Å². The molecule has 6 nitrogen and oxygen atoms in total. The van der Waals surface area contributed by atoms with Crippen molar-refractivity contribution in [3.63, 3.8) is 0 Å². The Morgan fingerprint density at radius 3 is 2.78 bits per heavy atom. The molecule has 1 heterocycles. The molecule has 0 radical (unpaired) electrons. The number of benzene rings is 2. The summed E-state index contributed by atoms with van der Waals surface area (Å²) in [6.07, 6.45) is 1.21. The minimum atomic E-state index is -0.423. The molecule has 2 aromatic carbocycles. The average molecular weight is 311 g/mol. The zero-order chi connectivity index (χ0) is 16.4. The fourth-order valence-electron chi connectivity index (χ4n) is 2.54. The number of rotatable bonds is 3. The predicted octanol–water partition coefficient (Wildman–Crippen LogP) is 2.68. The molecular weight excluding hydrogens is 294 g/mol. The van der Waals surface area contributed by atoms with Crippen LogP contribution in [0.2, 0.25) is 0 Å². The number of hydrogen-bond acceptors (Lipinski definition) is 5. The first-order valence-electron chi connectivity index (χ1n) is 7.24. The summed E-state index contributed by atoms with van der Waals surface area (Å²) in [5.74, 6) is -0.381. The van der Waals surface area contributed by atoms with E-state index in [1.807, 2.05) is 18.2 Å². The van der Waals surface area contributed by atoms with Crippen molar-refractivity contribution < 1.29 is 14.3 Å². The zero-order valence-corrected chi connectivity index (χ0v) is 12.7. The number of anilines is 4. The highest BCUT2D eigenvalue weighted by Crippen LogP contribution is 2.29. The SMILES string of the molecule is COC(=O)c1ccc(Nc2ccc3c(c2)CCC(=O)N3)c(N)c1. The molecule has 0 aromatic heterocycles. The number of methoxy groups -OCH3 is 1. The Kier molecular flexibility index (Phi) is 3.89. The van der Waals surface area contributed by atoms with Crippen LogP contribution in [0.25, 0.3) is 0 Å². The third-order valence-electron chi connectivity index (χ3n) is 3.75. The second kappa shape index (κ2) is 6.00. The summed E-state index contributed by atoms with van der Waals surface area (Å²) in [6, 6.07) is 10.7. The summed E-state index contributed by atoms with van der Waals surface area (Å²) in [4.78, 5) is 22.9. The Morgan fingerprint density at radius 2 is 2.04 bits per heavy atom. The van der Waals surface area contributed by atoms with E-state index >= 15 is 0 Å². The Morgan fingerprint density at radius 1 is 1.22 bits per heavy atom. The van der Waals surface area contributed by atoms with Gasteiger partial charge in [-0.25, -0.2) is 4.79 Å². The summed E-state index contributed by atoms with van der Waals surface area (Å²) in [7, 11) is 1.33. The van der Waals surface area contributed by atoms with E-state index in [-0.39, 0.29) is 5.91 Å². The second-order valence-corrected chi connectivity index (χ2v) is 5.34. The number of aryl methyl sites for hydroxylation is 1. The largest absolute Gasteiger partial charge is 0.465 e. The highest BCUT2D eigenvalue weighted by atomic mass is 16.5. The Labute approximate surface area is 133 Å². The van der Waals surface area contributed by atoms with Gasteiger partial charge in [-0.15, -0.1) is 0 Å². The highest BCUT2D eigenvalue weighted by molar-refractivity contribution is 5.94. The first kappa shape index (κ1) is 14.9. The van der Waals surface area contributed by atoms with E-state index in [9.17, 15) is 9.59 Å². The van der Waals surface area contributed by atoms with Crippen molar-refractivity contribution in [3.05, 3.63) is 47.5 Å². The molecule has 1 aliphatic heterocycles. The van der Waals surface area contributed by atoms with Gasteiger partial charge in [0.15, 0.2) is 0 Å². The van der Waals surface area contributed by atoms with Crippen molar-refractivity contribution >= 4 is 34.6 Å². The lowest BCUT2D eigenvalue weighted by Gasteiger charge is -2.18. The minimum Gasteiger partial charge on any atom is -0.465 e. The number of hydrogen-bond donors (Lipinski definition) is 3. The van der Waals surface area contributed by atoms with Crippen LogP contribution < -0.4 is 16.4 Å². The average Bonchev–Trinajstić information content (AvgIpc) is 2.56. The van der Waals surface area contributed by atoms with Crippen LogP contribution in [0.1, 0.15) is 22.3 Å². The van der Waals surface area contributed by atoms with E-state index in [2.05, 4.69) is 15.4 Å². The van der Waals surface area contributed by atoms with Crippen molar-refractivity contribution in [2.24, 2.45) is 0 Å². The third-order valence-corrected chi connectivity index (χ3v) is 3.75. The van der Waals surface area contributed by atoms with Gasteiger partial charge in [-0.05, 0) is 48.4 Å². The molecule has 2 aromatic rings.